The largest absolute Gasteiger partial charge is 0.384 e. The van der Waals surface area contributed by atoms with E-state index < -0.39 is 0 Å². The molecule has 0 saturated carbocycles. The Hall–Kier alpha value is -0.810. The number of guanidine groups is 1. The van der Waals surface area contributed by atoms with Gasteiger partial charge in [0.1, 0.15) is 0 Å². The first-order valence-electron chi connectivity index (χ1n) is 8.49. The maximum absolute atomic E-state index is 5.27. The van der Waals surface area contributed by atoms with Crippen LogP contribution in [0, 0.1) is 5.92 Å². The van der Waals surface area contributed by atoms with E-state index in [2.05, 4.69) is 35.9 Å². The van der Waals surface area contributed by atoms with Crippen LogP contribution < -0.4 is 5.32 Å². The van der Waals surface area contributed by atoms with Gasteiger partial charge in [-0.05, 0) is 32.9 Å². The second kappa shape index (κ2) is 10.9. The highest BCUT2D eigenvalue weighted by molar-refractivity contribution is 5.80. The van der Waals surface area contributed by atoms with Crippen molar-refractivity contribution in [2.24, 2.45) is 10.9 Å². The lowest BCUT2D eigenvalue weighted by Gasteiger charge is -2.23. The van der Waals surface area contributed by atoms with E-state index in [0.717, 1.165) is 51.8 Å². The number of methoxy groups -OCH3 is 1. The standard InChI is InChI=1S/C16H34N4O/c1-5-10-19(7-3)12-9-18-16(17-6-2)20-11-8-15(13-20)14-21-4/h15H,5-14H2,1-4H3,(H,17,18). The molecule has 0 aliphatic carbocycles. The number of likely N-dealkylation sites (N-methyl/N-ethyl adjacent to an activating group) is 1. The van der Waals surface area contributed by atoms with Crippen LogP contribution in [-0.4, -0.2) is 75.3 Å². The van der Waals surface area contributed by atoms with Crippen molar-refractivity contribution in [3.05, 3.63) is 0 Å². The van der Waals surface area contributed by atoms with Crippen molar-refractivity contribution >= 4 is 5.96 Å². The molecule has 0 spiro atoms. The van der Waals surface area contributed by atoms with Crippen molar-refractivity contribution in [2.75, 3.05) is 59.5 Å². The molecule has 1 saturated heterocycles. The quantitative estimate of drug-likeness (QED) is 0.519. The minimum Gasteiger partial charge on any atom is -0.384 e. The number of nitrogens with zero attached hydrogens (tertiary/aromatic N) is 3. The second-order valence-corrected chi connectivity index (χ2v) is 5.73. The van der Waals surface area contributed by atoms with Crippen LogP contribution in [0.5, 0.6) is 0 Å². The molecule has 0 bridgehead atoms. The summed E-state index contributed by atoms with van der Waals surface area (Å²) in [4.78, 5) is 9.65. The van der Waals surface area contributed by atoms with Gasteiger partial charge in [0.05, 0.1) is 13.2 Å². The van der Waals surface area contributed by atoms with Gasteiger partial charge in [-0.25, -0.2) is 0 Å². The first-order valence-corrected chi connectivity index (χ1v) is 8.49. The van der Waals surface area contributed by atoms with Crippen molar-refractivity contribution in [1.82, 2.24) is 15.1 Å². The summed E-state index contributed by atoms with van der Waals surface area (Å²) in [6.45, 7) is 14.7. The van der Waals surface area contributed by atoms with Crippen LogP contribution in [0.25, 0.3) is 0 Å². The van der Waals surface area contributed by atoms with Crippen molar-refractivity contribution in [3.8, 4) is 0 Å². The molecule has 0 aromatic rings. The summed E-state index contributed by atoms with van der Waals surface area (Å²) in [5.41, 5.74) is 0. The Bertz CT molecular complexity index is 296. The van der Waals surface area contributed by atoms with E-state index in [1.165, 1.54) is 19.4 Å². The first-order chi connectivity index (χ1) is 10.2. The predicted octanol–water partition coefficient (Wildman–Crippen LogP) is 1.65. The number of likely N-dealkylation sites (tertiary alicyclic amines) is 1. The number of aliphatic imine (C=N–C) groups is 1. The molecule has 1 fully saturated rings. The van der Waals surface area contributed by atoms with Crippen LogP contribution in [0.15, 0.2) is 4.99 Å². The van der Waals surface area contributed by atoms with Crippen molar-refractivity contribution in [3.63, 3.8) is 0 Å². The fourth-order valence-corrected chi connectivity index (χ4v) is 2.86. The summed E-state index contributed by atoms with van der Waals surface area (Å²) in [5.74, 6) is 1.72. The number of rotatable bonds is 9. The molecule has 0 aromatic carbocycles. The van der Waals surface area contributed by atoms with Gasteiger partial charge in [-0.3, -0.25) is 4.99 Å². The summed E-state index contributed by atoms with van der Waals surface area (Å²) in [6, 6.07) is 0. The molecule has 124 valence electrons. The molecule has 21 heavy (non-hydrogen) atoms. The number of hydrogen-bond acceptors (Lipinski definition) is 3. The Balaban J connectivity index is 2.46. The van der Waals surface area contributed by atoms with E-state index in [1.54, 1.807) is 7.11 Å². The molecule has 0 radical (unpaired) electrons. The van der Waals surface area contributed by atoms with Crippen molar-refractivity contribution < 1.29 is 4.74 Å². The molecule has 0 aromatic heterocycles. The van der Waals surface area contributed by atoms with Gasteiger partial charge in [-0.2, -0.15) is 0 Å². The maximum atomic E-state index is 5.27. The summed E-state index contributed by atoms with van der Waals surface area (Å²) in [6.07, 6.45) is 2.41. The molecule has 5 heteroatoms. The van der Waals surface area contributed by atoms with Crippen LogP contribution in [-0.2, 0) is 4.74 Å². The van der Waals surface area contributed by atoms with E-state index in [9.17, 15) is 0 Å². The van der Waals surface area contributed by atoms with Crippen molar-refractivity contribution in [1.29, 1.82) is 0 Å². The average Bonchev–Trinajstić information content (AvgIpc) is 2.94. The fourth-order valence-electron chi connectivity index (χ4n) is 2.86. The van der Waals surface area contributed by atoms with Crippen molar-refractivity contribution in [2.45, 2.75) is 33.6 Å². The van der Waals surface area contributed by atoms with Gasteiger partial charge in [0, 0.05) is 39.2 Å². The monoisotopic (exact) mass is 298 g/mol. The van der Waals surface area contributed by atoms with Gasteiger partial charge in [0.2, 0.25) is 0 Å². The van der Waals surface area contributed by atoms with Gasteiger partial charge in [-0.1, -0.05) is 13.8 Å². The maximum Gasteiger partial charge on any atom is 0.193 e. The van der Waals surface area contributed by atoms with Crippen LogP contribution >= 0.6 is 0 Å². The molecule has 1 rings (SSSR count). The van der Waals surface area contributed by atoms with Gasteiger partial charge in [0.15, 0.2) is 5.96 Å². The van der Waals surface area contributed by atoms with Gasteiger partial charge in [0.25, 0.3) is 0 Å². The van der Waals surface area contributed by atoms with Gasteiger partial charge < -0.3 is 19.9 Å². The zero-order chi connectivity index (χ0) is 15.5. The van der Waals surface area contributed by atoms with E-state index in [0.29, 0.717) is 5.92 Å². The third kappa shape index (κ3) is 6.66. The molecule has 1 atom stereocenters. The first kappa shape index (κ1) is 18.2. The van der Waals surface area contributed by atoms with Crippen LogP contribution in [0.1, 0.15) is 33.6 Å². The molecule has 1 aliphatic heterocycles. The Morgan fingerprint density at radius 1 is 1.33 bits per heavy atom. The average molecular weight is 298 g/mol. The third-order valence-electron chi connectivity index (χ3n) is 3.99. The van der Waals surface area contributed by atoms with Gasteiger partial charge >= 0.3 is 0 Å². The van der Waals surface area contributed by atoms with E-state index in [1.807, 2.05) is 0 Å². The minimum atomic E-state index is 0.645. The van der Waals surface area contributed by atoms with Crippen LogP contribution in [0.2, 0.25) is 0 Å². The summed E-state index contributed by atoms with van der Waals surface area (Å²) < 4.78 is 5.27. The van der Waals surface area contributed by atoms with Crippen LogP contribution in [0.3, 0.4) is 0 Å². The molecular formula is C16H34N4O. The van der Waals surface area contributed by atoms with E-state index in [4.69, 9.17) is 9.73 Å². The Kier molecular flexibility index (Phi) is 9.42. The third-order valence-corrected chi connectivity index (χ3v) is 3.99. The number of ether oxygens (including phenoxy) is 1. The van der Waals surface area contributed by atoms with E-state index >= 15 is 0 Å². The summed E-state index contributed by atoms with van der Waals surface area (Å²) in [7, 11) is 1.79. The Labute approximate surface area is 130 Å². The Morgan fingerprint density at radius 2 is 2.14 bits per heavy atom. The molecule has 1 heterocycles. The summed E-state index contributed by atoms with van der Waals surface area (Å²) >= 11 is 0. The minimum absolute atomic E-state index is 0.645. The highest BCUT2D eigenvalue weighted by Crippen LogP contribution is 2.16. The zero-order valence-corrected chi connectivity index (χ0v) is 14.4. The number of hydrogen-bond donors (Lipinski definition) is 1. The SMILES string of the molecule is CCCN(CC)CCN=C(NCC)N1CCC(COC)C1. The lowest BCUT2D eigenvalue weighted by molar-refractivity contribution is 0.157. The lowest BCUT2D eigenvalue weighted by Crippen LogP contribution is -2.41. The molecule has 5 nitrogen and oxygen atoms in total. The molecule has 1 unspecified atom stereocenters. The van der Waals surface area contributed by atoms with Crippen LogP contribution in [0.4, 0.5) is 0 Å². The highest BCUT2D eigenvalue weighted by atomic mass is 16.5. The van der Waals surface area contributed by atoms with Gasteiger partial charge in [-0.15, -0.1) is 0 Å². The summed E-state index contributed by atoms with van der Waals surface area (Å²) in [5, 5.41) is 3.43. The fraction of sp³-hybridized carbons (Fsp3) is 0.938. The molecule has 0 amide bonds. The molecule has 1 aliphatic rings. The smallest absolute Gasteiger partial charge is 0.193 e. The molecule has 1 N–H and O–H groups in total. The zero-order valence-electron chi connectivity index (χ0n) is 14.4. The normalized spacial score (nSPS) is 19.6. The lowest BCUT2D eigenvalue weighted by atomic mass is 10.1. The number of nitrogens with one attached hydrogen (secondary N) is 1. The predicted molar refractivity (Wildman–Crippen MR) is 89.9 cm³/mol. The Morgan fingerprint density at radius 3 is 2.76 bits per heavy atom. The highest BCUT2D eigenvalue weighted by Gasteiger charge is 2.24. The topological polar surface area (TPSA) is 40.1 Å². The van der Waals surface area contributed by atoms with E-state index in [-0.39, 0.29) is 0 Å². The second-order valence-electron chi connectivity index (χ2n) is 5.73. The molecular weight excluding hydrogens is 264 g/mol.